The van der Waals surface area contributed by atoms with E-state index in [1.54, 1.807) is 43.1 Å². The van der Waals surface area contributed by atoms with Gasteiger partial charge in [-0.1, -0.05) is 18.7 Å². The summed E-state index contributed by atoms with van der Waals surface area (Å²) in [4.78, 5) is 40.9. The van der Waals surface area contributed by atoms with Crippen molar-refractivity contribution in [2.45, 2.75) is 28.6 Å². The summed E-state index contributed by atoms with van der Waals surface area (Å²) in [7, 11) is 1.67. The number of primary amides is 1. The maximum atomic E-state index is 12.4. The molecular formula is C17H18N4O3S2. The normalized spacial score (nSPS) is 15.5. The van der Waals surface area contributed by atoms with Crippen LogP contribution in [-0.4, -0.2) is 32.4 Å². The molecule has 3 N–H and O–H groups in total. The number of aromatic nitrogens is 2. The van der Waals surface area contributed by atoms with Crippen LogP contribution in [-0.2, 0) is 18.3 Å². The SMILES string of the molecule is CC1Cc2nc(SCC(=O)Nc3ccc(C(N)=O)cc3)n(C)c(=O)c2S1. The van der Waals surface area contributed by atoms with E-state index in [1.165, 1.54) is 16.3 Å². The molecule has 2 amide bonds. The number of anilines is 1. The van der Waals surface area contributed by atoms with E-state index in [4.69, 9.17) is 5.73 Å². The summed E-state index contributed by atoms with van der Waals surface area (Å²) in [5, 5.41) is 3.62. The van der Waals surface area contributed by atoms with Crippen LogP contribution in [0.3, 0.4) is 0 Å². The number of amides is 2. The molecule has 0 radical (unpaired) electrons. The van der Waals surface area contributed by atoms with Crippen LogP contribution >= 0.6 is 23.5 Å². The first-order valence-corrected chi connectivity index (χ1v) is 9.80. The van der Waals surface area contributed by atoms with Crippen LogP contribution in [0.25, 0.3) is 0 Å². The predicted octanol–water partition coefficient (Wildman–Crippen LogP) is 1.65. The molecular weight excluding hydrogens is 372 g/mol. The summed E-state index contributed by atoms with van der Waals surface area (Å²) < 4.78 is 1.49. The molecule has 0 fully saturated rings. The molecule has 0 bridgehead atoms. The molecule has 26 heavy (non-hydrogen) atoms. The molecule has 3 rings (SSSR count). The highest BCUT2D eigenvalue weighted by Crippen LogP contribution is 2.33. The van der Waals surface area contributed by atoms with Crippen molar-refractivity contribution in [2.75, 3.05) is 11.1 Å². The van der Waals surface area contributed by atoms with Gasteiger partial charge in [0.1, 0.15) is 0 Å². The first kappa shape index (κ1) is 18.5. The number of nitrogens with zero attached hydrogens (tertiary/aromatic N) is 2. The Bertz CT molecular complexity index is 925. The lowest BCUT2D eigenvalue weighted by atomic mass is 10.2. The Balaban J connectivity index is 1.65. The molecule has 7 nitrogen and oxygen atoms in total. The number of fused-ring (bicyclic) bond motifs is 1. The minimum atomic E-state index is -0.519. The molecule has 0 saturated carbocycles. The van der Waals surface area contributed by atoms with Gasteiger partial charge >= 0.3 is 0 Å². The smallest absolute Gasteiger partial charge is 0.267 e. The minimum absolute atomic E-state index is 0.0608. The van der Waals surface area contributed by atoms with E-state index in [2.05, 4.69) is 17.2 Å². The van der Waals surface area contributed by atoms with Gasteiger partial charge in [0.25, 0.3) is 5.56 Å². The molecule has 1 aliphatic rings. The lowest BCUT2D eigenvalue weighted by molar-refractivity contribution is -0.113. The third-order valence-electron chi connectivity index (χ3n) is 3.86. The molecule has 1 aromatic carbocycles. The van der Waals surface area contributed by atoms with Gasteiger partial charge in [0.15, 0.2) is 5.16 Å². The zero-order chi connectivity index (χ0) is 18.8. The van der Waals surface area contributed by atoms with Gasteiger partial charge in [0.05, 0.1) is 16.3 Å². The van der Waals surface area contributed by atoms with Crippen molar-refractivity contribution >= 4 is 41.0 Å². The van der Waals surface area contributed by atoms with Gasteiger partial charge in [-0.05, 0) is 24.3 Å². The van der Waals surface area contributed by atoms with Crippen LogP contribution < -0.4 is 16.6 Å². The van der Waals surface area contributed by atoms with E-state index in [-0.39, 0.29) is 17.2 Å². The van der Waals surface area contributed by atoms with E-state index in [0.717, 1.165) is 12.1 Å². The standard InChI is InChI=1S/C17H18N4O3S2/c1-9-7-12-14(26-9)16(24)21(2)17(20-12)25-8-13(22)19-11-5-3-10(4-6-11)15(18)23/h3-6,9H,7-8H2,1-2H3,(H2,18,23)(H,19,22). The maximum absolute atomic E-state index is 12.4. The maximum Gasteiger partial charge on any atom is 0.267 e. The summed E-state index contributed by atoms with van der Waals surface area (Å²) in [6, 6.07) is 6.33. The zero-order valence-corrected chi connectivity index (χ0v) is 15.9. The average Bonchev–Trinajstić information content (AvgIpc) is 2.98. The van der Waals surface area contributed by atoms with Gasteiger partial charge < -0.3 is 11.1 Å². The number of hydrogen-bond acceptors (Lipinski definition) is 6. The Labute approximate surface area is 158 Å². The number of carbonyl (C=O) groups excluding carboxylic acids is 2. The molecule has 2 heterocycles. The fourth-order valence-corrected chi connectivity index (χ4v) is 4.48. The number of hydrogen-bond donors (Lipinski definition) is 2. The molecule has 1 unspecified atom stereocenters. The molecule has 1 aromatic heterocycles. The summed E-state index contributed by atoms with van der Waals surface area (Å²) in [5.74, 6) is -0.617. The van der Waals surface area contributed by atoms with Gasteiger partial charge in [0.2, 0.25) is 11.8 Å². The highest BCUT2D eigenvalue weighted by molar-refractivity contribution is 8.00. The Morgan fingerprint density at radius 1 is 1.38 bits per heavy atom. The third-order valence-corrected chi connectivity index (χ3v) is 6.11. The molecule has 2 aromatic rings. The van der Waals surface area contributed by atoms with Crippen molar-refractivity contribution in [3.05, 3.63) is 45.9 Å². The topological polar surface area (TPSA) is 107 Å². The second-order valence-corrected chi connectivity index (χ2v) is 8.34. The predicted molar refractivity (Wildman–Crippen MR) is 103 cm³/mol. The van der Waals surface area contributed by atoms with E-state index >= 15 is 0 Å². The van der Waals surface area contributed by atoms with Crippen molar-refractivity contribution in [1.82, 2.24) is 9.55 Å². The Morgan fingerprint density at radius 3 is 2.73 bits per heavy atom. The van der Waals surface area contributed by atoms with Crippen molar-refractivity contribution in [2.24, 2.45) is 12.8 Å². The second-order valence-electron chi connectivity index (χ2n) is 5.95. The van der Waals surface area contributed by atoms with Crippen LogP contribution in [0.4, 0.5) is 5.69 Å². The number of rotatable bonds is 5. The van der Waals surface area contributed by atoms with E-state index in [9.17, 15) is 14.4 Å². The zero-order valence-electron chi connectivity index (χ0n) is 14.3. The van der Waals surface area contributed by atoms with Crippen LogP contribution in [0.15, 0.2) is 39.1 Å². The molecule has 1 aliphatic heterocycles. The molecule has 136 valence electrons. The number of nitrogens with one attached hydrogen (secondary N) is 1. The average molecular weight is 390 g/mol. The summed E-state index contributed by atoms with van der Waals surface area (Å²) in [6.45, 7) is 2.07. The highest BCUT2D eigenvalue weighted by Gasteiger charge is 2.25. The third kappa shape index (κ3) is 3.94. The Kier molecular flexibility index (Phi) is 5.38. The molecule has 0 spiro atoms. The molecule has 9 heteroatoms. The largest absolute Gasteiger partial charge is 0.366 e. The summed E-state index contributed by atoms with van der Waals surface area (Å²) >= 11 is 2.77. The first-order chi connectivity index (χ1) is 12.3. The lowest BCUT2D eigenvalue weighted by Gasteiger charge is -2.09. The monoisotopic (exact) mass is 390 g/mol. The Morgan fingerprint density at radius 2 is 2.08 bits per heavy atom. The van der Waals surface area contributed by atoms with Crippen LogP contribution in [0, 0.1) is 0 Å². The van der Waals surface area contributed by atoms with Crippen LogP contribution in [0.2, 0.25) is 0 Å². The first-order valence-electron chi connectivity index (χ1n) is 7.94. The van der Waals surface area contributed by atoms with Gasteiger partial charge in [-0.25, -0.2) is 4.98 Å². The van der Waals surface area contributed by atoms with E-state index in [1.807, 2.05) is 0 Å². The fourth-order valence-electron chi connectivity index (χ4n) is 2.55. The number of carbonyl (C=O) groups is 2. The van der Waals surface area contributed by atoms with Gasteiger partial charge in [-0.2, -0.15) is 0 Å². The van der Waals surface area contributed by atoms with Gasteiger partial charge in [-0.3, -0.25) is 19.0 Å². The van der Waals surface area contributed by atoms with Gasteiger partial charge in [-0.15, -0.1) is 11.8 Å². The van der Waals surface area contributed by atoms with Crippen LogP contribution in [0.5, 0.6) is 0 Å². The van der Waals surface area contributed by atoms with Crippen LogP contribution in [0.1, 0.15) is 23.0 Å². The van der Waals surface area contributed by atoms with Crippen molar-refractivity contribution in [3.63, 3.8) is 0 Å². The van der Waals surface area contributed by atoms with Crippen molar-refractivity contribution < 1.29 is 9.59 Å². The second kappa shape index (κ2) is 7.55. The molecule has 0 saturated heterocycles. The van der Waals surface area contributed by atoms with E-state index in [0.29, 0.717) is 26.6 Å². The summed E-state index contributed by atoms with van der Waals surface area (Å²) in [5.41, 5.74) is 6.89. The number of nitrogens with two attached hydrogens (primary N) is 1. The highest BCUT2D eigenvalue weighted by atomic mass is 32.2. The minimum Gasteiger partial charge on any atom is -0.366 e. The molecule has 0 aliphatic carbocycles. The number of thioether (sulfide) groups is 2. The molecule has 1 atom stereocenters. The van der Waals surface area contributed by atoms with Crippen molar-refractivity contribution in [3.8, 4) is 0 Å². The van der Waals surface area contributed by atoms with E-state index < -0.39 is 5.91 Å². The Hall–Kier alpha value is -2.26. The quantitative estimate of drug-likeness (QED) is 0.594. The fraction of sp³-hybridized carbons (Fsp3) is 0.294. The van der Waals surface area contributed by atoms with Gasteiger partial charge in [0, 0.05) is 30.0 Å². The summed E-state index contributed by atoms with van der Waals surface area (Å²) in [6.07, 6.45) is 0.766. The van der Waals surface area contributed by atoms with Crippen molar-refractivity contribution in [1.29, 1.82) is 0 Å². The number of benzene rings is 1. The lowest BCUT2D eigenvalue weighted by Crippen LogP contribution is -2.23.